The summed E-state index contributed by atoms with van der Waals surface area (Å²) < 4.78 is 0. The number of aldehydes is 1. The Hall–Kier alpha value is -1.83. The van der Waals surface area contributed by atoms with E-state index in [4.69, 9.17) is 0 Å². The van der Waals surface area contributed by atoms with Crippen molar-refractivity contribution < 1.29 is 9.90 Å². The van der Waals surface area contributed by atoms with Crippen LogP contribution in [0.3, 0.4) is 0 Å². The summed E-state index contributed by atoms with van der Waals surface area (Å²) in [5, 5.41) is 11.4. The van der Waals surface area contributed by atoms with Gasteiger partial charge in [-0.05, 0) is 17.0 Å². The largest absolute Gasteiger partial charge is 0.507 e. The molecule has 0 bridgehead atoms. The minimum Gasteiger partial charge on any atom is -0.507 e. The van der Waals surface area contributed by atoms with Crippen molar-refractivity contribution in [3.63, 3.8) is 0 Å². The quantitative estimate of drug-likeness (QED) is 0.757. The Morgan fingerprint density at radius 2 is 2.07 bits per heavy atom. The molecule has 0 fully saturated rings. The molecule has 2 heteroatoms. The van der Waals surface area contributed by atoms with Gasteiger partial charge in [-0.3, -0.25) is 0 Å². The van der Waals surface area contributed by atoms with Crippen molar-refractivity contribution in [1.82, 2.24) is 0 Å². The molecule has 2 aromatic carbocycles. The Morgan fingerprint density at radius 1 is 1.27 bits per heavy atom. The van der Waals surface area contributed by atoms with Gasteiger partial charge in [-0.1, -0.05) is 37.3 Å². The minimum absolute atomic E-state index is 0.100. The van der Waals surface area contributed by atoms with Gasteiger partial charge in [0.05, 0.1) is 0 Å². The van der Waals surface area contributed by atoms with Crippen molar-refractivity contribution in [3.8, 4) is 5.75 Å². The molecule has 1 atom stereocenters. The van der Waals surface area contributed by atoms with Crippen LogP contribution in [0.5, 0.6) is 5.75 Å². The van der Waals surface area contributed by atoms with E-state index in [1.54, 1.807) is 12.1 Å². The second-order valence-corrected chi connectivity index (χ2v) is 3.68. The van der Waals surface area contributed by atoms with Gasteiger partial charge in [-0.15, -0.1) is 0 Å². The van der Waals surface area contributed by atoms with Crippen LogP contribution in [0.2, 0.25) is 0 Å². The first-order valence-electron chi connectivity index (χ1n) is 4.89. The van der Waals surface area contributed by atoms with Gasteiger partial charge in [0.1, 0.15) is 12.0 Å². The van der Waals surface area contributed by atoms with Gasteiger partial charge in [0.2, 0.25) is 0 Å². The molecule has 0 saturated carbocycles. The molecule has 0 aliphatic rings. The molecule has 0 radical (unpaired) electrons. The van der Waals surface area contributed by atoms with Crippen molar-refractivity contribution in [2.75, 3.05) is 0 Å². The van der Waals surface area contributed by atoms with E-state index < -0.39 is 0 Å². The van der Waals surface area contributed by atoms with Crippen LogP contribution in [-0.2, 0) is 4.79 Å². The van der Waals surface area contributed by atoms with E-state index in [0.717, 1.165) is 22.6 Å². The summed E-state index contributed by atoms with van der Waals surface area (Å²) in [5.74, 6) is 0.176. The first-order chi connectivity index (χ1) is 7.22. The summed E-state index contributed by atoms with van der Waals surface area (Å²) in [7, 11) is 0. The summed E-state index contributed by atoms with van der Waals surface area (Å²) in [6.45, 7) is 1.86. The number of hydrogen-bond acceptors (Lipinski definition) is 2. The third kappa shape index (κ3) is 1.71. The standard InChI is InChI=1S/C13H12O2/c1-9(8-14)10-5-6-12-11(7-10)3-2-4-13(12)15/h2-9,15H,1H3. The van der Waals surface area contributed by atoms with Crippen molar-refractivity contribution >= 4 is 17.1 Å². The van der Waals surface area contributed by atoms with E-state index in [0.29, 0.717) is 0 Å². The van der Waals surface area contributed by atoms with Crippen LogP contribution in [0.1, 0.15) is 18.4 Å². The van der Waals surface area contributed by atoms with Crippen LogP contribution < -0.4 is 0 Å². The maximum Gasteiger partial charge on any atom is 0.127 e. The lowest BCUT2D eigenvalue weighted by Crippen LogP contribution is -1.93. The Kier molecular flexibility index (Phi) is 2.42. The average Bonchev–Trinajstić information content (AvgIpc) is 2.28. The molecular weight excluding hydrogens is 188 g/mol. The van der Waals surface area contributed by atoms with Crippen LogP contribution in [0.4, 0.5) is 0 Å². The van der Waals surface area contributed by atoms with Crippen LogP contribution in [-0.4, -0.2) is 11.4 Å². The van der Waals surface area contributed by atoms with E-state index in [9.17, 15) is 9.90 Å². The molecule has 1 N–H and O–H groups in total. The number of carbonyl (C=O) groups is 1. The highest BCUT2D eigenvalue weighted by Gasteiger charge is 2.05. The summed E-state index contributed by atoms with van der Waals surface area (Å²) in [4.78, 5) is 10.7. The topological polar surface area (TPSA) is 37.3 Å². The zero-order valence-electron chi connectivity index (χ0n) is 8.47. The highest BCUT2D eigenvalue weighted by Crippen LogP contribution is 2.26. The number of phenols is 1. The van der Waals surface area contributed by atoms with Crippen molar-refractivity contribution in [2.45, 2.75) is 12.8 Å². The molecule has 0 spiro atoms. The normalized spacial score (nSPS) is 12.6. The number of fused-ring (bicyclic) bond motifs is 1. The fourth-order valence-electron chi connectivity index (χ4n) is 1.65. The van der Waals surface area contributed by atoms with Gasteiger partial charge >= 0.3 is 0 Å². The fraction of sp³-hybridized carbons (Fsp3) is 0.154. The summed E-state index contributed by atoms with van der Waals surface area (Å²) in [5.41, 5.74) is 0.975. The highest BCUT2D eigenvalue weighted by molar-refractivity contribution is 5.89. The molecule has 0 aliphatic carbocycles. The zero-order chi connectivity index (χ0) is 10.8. The van der Waals surface area contributed by atoms with E-state index >= 15 is 0 Å². The Labute approximate surface area is 88.2 Å². The lowest BCUT2D eigenvalue weighted by molar-refractivity contribution is -0.108. The molecule has 2 nitrogen and oxygen atoms in total. The Balaban J connectivity index is 2.61. The smallest absolute Gasteiger partial charge is 0.127 e. The zero-order valence-corrected chi connectivity index (χ0v) is 8.47. The second-order valence-electron chi connectivity index (χ2n) is 3.68. The van der Waals surface area contributed by atoms with Crippen LogP contribution in [0.15, 0.2) is 36.4 Å². The van der Waals surface area contributed by atoms with E-state index in [1.807, 2.05) is 31.2 Å². The predicted molar refractivity (Wildman–Crippen MR) is 60.1 cm³/mol. The minimum atomic E-state index is -0.100. The predicted octanol–water partition coefficient (Wildman–Crippen LogP) is 2.85. The van der Waals surface area contributed by atoms with Crippen molar-refractivity contribution in [3.05, 3.63) is 42.0 Å². The molecule has 0 amide bonds. The third-order valence-corrected chi connectivity index (χ3v) is 2.61. The van der Waals surface area contributed by atoms with E-state index in [1.165, 1.54) is 0 Å². The Bertz CT molecular complexity index is 503. The molecule has 0 aromatic heterocycles. The maximum atomic E-state index is 10.7. The van der Waals surface area contributed by atoms with Crippen LogP contribution in [0, 0.1) is 0 Å². The second kappa shape index (κ2) is 3.73. The van der Waals surface area contributed by atoms with Crippen LogP contribution in [0.25, 0.3) is 10.8 Å². The Morgan fingerprint density at radius 3 is 2.80 bits per heavy atom. The van der Waals surface area contributed by atoms with Gasteiger partial charge in [0.15, 0.2) is 0 Å². The summed E-state index contributed by atoms with van der Waals surface area (Å²) in [6, 6.07) is 11.0. The fourth-order valence-corrected chi connectivity index (χ4v) is 1.65. The molecule has 1 unspecified atom stereocenters. The maximum absolute atomic E-state index is 10.7. The number of rotatable bonds is 2. The molecule has 76 valence electrons. The van der Waals surface area contributed by atoms with Crippen molar-refractivity contribution in [2.24, 2.45) is 0 Å². The lowest BCUT2D eigenvalue weighted by atomic mass is 9.99. The third-order valence-electron chi connectivity index (χ3n) is 2.61. The molecule has 2 rings (SSSR count). The van der Waals surface area contributed by atoms with Gasteiger partial charge in [-0.2, -0.15) is 0 Å². The highest BCUT2D eigenvalue weighted by atomic mass is 16.3. The number of benzene rings is 2. The number of aromatic hydroxyl groups is 1. The first-order valence-corrected chi connectivity index (χ1v) is 4.89. The number of hydrogen-bond donors (Lipinski definition) is 1. The van der Waals surface area contributed by atoms with E-state index in [-0.39, 0.29) is 11.7 Å². The molecule has 0 aliphatic heterocycles. The molecule has 0 saturated heterocycles. The summed E-state index contributed by atoms with van der Waals surface area (Å²) >= 11 is 0. The number of phenolic OH excluding ortho intramolecular Hbond substituents is 1. The molecule has 15 heavy (non-hydrogen) atoms. The van der Waals surface area contributed by atoms with E-state index in [2.05, 4.69) is 0 Å². The van der Waals surface area contributed by atoms with Gasteiger partial charge in [0.25, 0.3) is 0 Å². The monoisotopic (exact) mass is 200 g/mol. The SMILES string of the molecule is CC(C=O)c1ccc2c(O)cccc2c1. The van der Waals surface area contributed by atoms with Gasteiger partial charge in [-0.25, -0.2) is 0 Å². The molecule has 0 heterocycles. The van der Waals surface area contributed by atoms with Gasteiger partial charge < -0.3 is 9.90 Å². The molecule has 2 aromatic rings. The average molecular weight is 200 g/mol. The van der Waals surface area contributed by atoms with Crippen molar-refractivity contribution in [1.29, 1.82) is 0 Å². The lowest BCUT2D eigenvalue weighted by Gasteiger charge is -2.06. The van der Waals surface area contributed by atoms with Crippen LogP contribution >= 0.6 is 0 Å². The summed E-state index contributed by atoms with van der Waals surface area (Å²) in [6.07, 6.45) is 0.921. The van der Waals surface area contributed by atoms with Gasteiger partial charge in [0, 0.05) is 11.3 Å². The molecular formula is C13H12O2. The first kappa shape index (κ1) is 9.71. The number of carbonyl (C=O) groups excluding carboxylic acids is 1.